The third kappa shape index (κ3) is 4.29. The van der Waals surface area contributed by atoms with E-state index >= 15 is 0 Å². The third-order valence-electron chi connectivity index (χ3n) is 3.63. The van der Waals surface area contributed by atoms with Crippen molar-refractivity contribution >= 4 is 34.7 Å². The molecular weight excluding hydrogens is 387 g/mol. The predicted octanol–water partition coefficient (Wildman–Crippen LogP) is 4.24. The van der Waals surface area contributed by atoms with Gasteiger partial charge in [-0.05, 0) is 55.9 Å². The number of thioether (sulfide) groups is 1. The minimum Gasteiger partial charge on any atom is -0.466 e. The van der Waals surface area contributed by atoms with Gasteiger partial charge in [0.2, 0.25) is 5.91 Å². The smallest absolute Gasteiger partial charge is 0.416 e. The molecular formula is C16H16F3N3O2S2. The lowest BCUT2D eigenvalue weighted by atomic mass is 10.2. The Bertz CT molecular complexity index is 778. The molecule has 0 aliphatic carbocycles. The molecule has 5 nitrogen and oxygen atoms in total. The average Bonchev–Trinajstić information content (AvgIpc) is 3.14. The Morgan fingerprint density at radius 3 is 2.58 bits per heavy atom. The molecule has 0 N–H and O–H groups in total. The number of carbonyl (C=O) groups excluding carboxylic acids is 1. The number of alkyl halides is 3. The molecule has 2 aromatic rings. The maximum atomic E-state index is 12.7. The van der Waals surface area contributed by atoms with Gasteiger partial charge in [0.05, 0.1) is 16.9 Å². The monoisotopic (exact) mass is 403 g/mol. The van der Waals surface area contributed by atoms with Crippen LogP contribution in [0.2, 0.25) is 0 Å². The molecule has 26 heavy (non-hydrogen) atoms. The van der Waals surface area contributed by atoms with Gasteiger partial charge >= 0.3 is 6.18 Å². The van der Waals surface area contributed by atoms with Crippen molar-refractivity contribution in [2.45, 2.75) is 42.1 Å². The summed E-state index contributed by atoms with van der Waals surface area (Å²) in [4.78, 5) is 14.1. The summed E-state index contributed by atoms with van der Waals surface area (Å²) in [5.74, 6) is -0.142. The summed E-state index contributed by atoms with van der Waals surface area (Å²) in [5, 5.41) is 8.06. The number of ether oxygens (including phenoxy) is 1. The molecule has 1 aliphatic heterocycles. The number of aromatic nitrogens is 2. The van der Waals surface area contributed by atoms with Crippen LogP contribution in [0.5, 0.6) is 5.19 Å². The van der Waals surface area contributed by atoms with E-state index in [1.165, 1.54) is 40.1 Å². The second-order valence-electron chi connectivity index (χ2n) is 5.93. The maximum Gasteiger partial charge on any atom is 0.416 e. The van der Waals surface area contributed by atoms with Crippen molar-refractivity contribution in [2.24, 2.45) is 0 Å². The highest BCUT2D eigenvalue weighted by molar-refractivity contribution is 8.02. The fourth-order valence-corrected chi connectivity index (χ4v) is 4.56. The quantitative estimate of drug-likeness (QED) is 0.747. The third-order valence-corrected chi connectivity index (χ3v) is 5.78. The SMILES string of the molecule is CC(C)Oc1nnc(SC2CCN(c3ccc(C(F)(F)F)cc3)C2=O)s1. The molecule has 140 valence electrons. The van der Waals surface area contributed by atoms with E-state index in [2.05, 4.69) is 10.2 Å². The Morgan fingerprint density at radius 1 is 1.27 bits per heavy atom. The highest BCUT2D eigenvalue weighted by atomic mass is 32.2. The number of benzene rings is 1. The van der Waals surface area contributed by atoms with Gasteiger partial charge in [0.1, 0.15) is 0 Å². The Kier molecular flexibility index (Phi) is 5.42. The van der Waals surface area contributed by atoms with Crippen LogP contribution in [-0.4, -0.2) is 34.0 Å². The molecule has 1 amide bonds. The number of anilines is 1. The average molecular weight is 403 g/mol. The molecule has 1 atom stereocenters. The normalized spacial score (nSPS) is 18.0. The number of halogens is 3. The van der Waals surface area contributed by atoms with Gasteiger partial charge in [-0.25, -0.2) is 0 Å². The van der Waals surface area contributed by atoms with Gasteiger partial charge in [-0.2, -0.15) is 13.2 Å². The van der Waals surface area contributed by atoms with Gasteiger partial charge in [0.25, 0.3) is 5.19 Å². The van der Waals surface area contributed by atoms with Crippen molar-refractivity contribution in [1.82, 2.24) is 10.2 Å². The van der Waals surface area contributed by atoms with E-state index in [9.17, 15) is 18.0 Å². The molecule has 1 aromatic carbocycles. The van der Waals surface area contributed by atoms with E-state index in [0.717, 1.165) is 12.1 Å². The molecule has 1 aliphatic rings. The van der Waals surface area contributed by atoms with Crippen molar-refractivity contribution in [3.05, 3.63) is 29.8 Å². The zero-order chi connectivity index (χ0) is 18.9. The number of carbonyl (C=O) groups is 1. The van der Waals surface area contributed by atoms with Crippen molar-refractivity contribution in [3.8, 4) is 5.19 Å². The lowest BCUT2D eigenvalue weighted by molar-refractivity contribution is -0.137. The Morgan fingerprint density at radius 2 is 1.96 bits per heavy atom. The molecule has 0 spiro atoms. The molecule has 0 bridgehead atoms. The fraction of sp³-hybridized carbons (Fsp3) is 0.438. The van der Waals surface area contributed by atoms with Crippen molar-refractivity contribution in [2.75, 3.05) is 11.4 Å². The van der Waals surface area contributed by atoms with Gasteiger partial charge < -0.3 is 9.64 Å². The van der Waals surface area contributed by atoms with E-state index in [1.54, 1.807) is 0 Å². The first-order chi connectivity index (χ1) is 12.2. The van der Waals surface area contributed by atoms with Crippen LogP contribution in [-0.2, 0) is 11.0 Å². The van der Waals surface area contributed by atoms with Gasteiger partial charge in [0, 0.05) is 12.2 Å². The summed E-state index contributed by atoms with van der Waals surface area (Å²) in [6.45, 7) is 4.23. The summed E-state index contributed by atoms with van der Waals surface area (Å²) < 4.78 is 44.1. The summed E-state index contributed by atoms with van der Waals surface area (Å²) in [5.41, 5.74) is -0.266. The van der Waals surface area contributed by atoms with Gasteiger partial charge in [-0.15, -0.1) is 5.10 Å². The Hall–Kier alpha value is -1.81. The van der Waals surface area contributed by atoms with Gasteiger partial charge in [0.15, 0.2) is 4.34 Å². The minimum absolute atomic E-state index is 0.0101. The van der Waals surface area contributed by atoms with Gasteiger partial charge in [-0.1, -0.05) is 16.9 Å². The number of amides is 1. The topological polar surface area (TPSA) is 55.3 Å². The standard InChI is InChI=1S/C16H16F3N3O2S2/c1-9(2)24-14-20-21-15(26-14)25-12-7-8-22(13(12)23)11-5-3-10(4-6-11)16(17,18)19/h3-6,9,12H,7-8H2,1-2H3. The van der Waals surface area contributed by atoms with Crippen LogP contribution in [0.15, 0.2) is 28.6 Å². The number of hydrogen-bond acceptors (Lipinski definition) is 6. The number of hydrogen-bond donors (Lipinski definition) is 0. The molecule has 1 unspecified atom stereocenters. The molecule has 3 rings (SSSR count). The van der Waals surface area contributed by atoms with Crippen molar-refractivity contribution in [1.29, 1.82) is 0 Å². The van der Waals surface area contributed by atoms with E-state index < -0.39 is 11.7 Å². The second-order valence-corrected chi connectivity index (χ2v) is 8.32. The first kappa shape index (κ1) is 19.0. The van der Waals surface area contributed by atoms with E-state index in [-0.39, 0.29) is 17.3 Å². The highest BCUT2D eigenvalue weighted by Gasteiger charge is 2.35. The van der Waals surface area contributed by atoms with E-state index in [0.29, 0.717) is 28.2 Å². The fourth-order valence-electron chi connectivity index (χ4n) is 2.47. The van der Waals surface area contributed by atoms with Crippen LogP contribution in [0.4, 0.5) is 18.9 Å². The second kappa shape index (κ2) is 7.43. The molecule has 10 heteroatoms. The van der Waals surface area contributed by atoms with Crippen LogP contribution >= 0.6 is 23.1 Å². The van der Waals surface area contributed by atoms with Crippen LogP contribution in [0.1, 0.15) is 25.8 Å². The maximum absolute atomic E-state index is 12.7. The number of nitrogens with zero attached hydrogens (tertiary/aromatic N) is 3. The first-order valence-corrected chi connectivity index (χ1v) is 9.59. The zero-order valence-electron chi connectivity index (χ0n) is 14.0. The summed E-state index contributed by atoms with van der Waals surface area (Å²) in [6.07, 6.45) is -3.81. The molecule has 0 saturated carbocycles. The number of rotatable bonds is 5. The molecule has 0 radical (unpaired) electrons. The summed E-state index contributed by atoms with van der Waals surface area (Å²) in [7, 11) is 0. The van der Waals surface area contributed by atoms with Crippen LogP contribution in [0.25, 0.3) is 0 Å². The molecule has 1 aromatic heterocycles. The van der Waals surface area contributed by atoms with Crippen molar-refractivity contribution in [3.63, 3.8) is 0 Å². The largest absolute Gasteiger partial charge is 0.466 e. The van der Waals surface area contributed by atoms with E-state index in [4.69, 9.17) is 4.74 Å². The lowest BCUT2D eigenvalue weighted by Crippen LogP contribution is -2.28. The zero-order valence-corrected chi connectivity index (χ0v) is 15.6. The van der Waals surface area contributed by atoms with E-state index in [1.807, 2.05) is 13.8 Å². The Labute approximate surface area is 156 Å². The van der Waals surface area contributed by atoms with Crippen LogP contribution in [0.3, 0.4) is 0 Å². The Balaban J connectivity index is 1.65. The van der Waals surface area contributed by atoms with Gasteiger partial charge in [-0.3, -0.25) is 4.79 Å². The predicted molar refractivity (Wildman–Crippen MR) is 93.7 cm³/mol. The first-order valence-electron chi connectivity index (χ1n) is 7.89. The summed E-state index contributed by atoms with van der Waals surface area (Å²) in [6, 6.07) is 4.63. The summed E-state index contributed by atoms with van der Waals surface area (Å²) >= 11 is 2.58. The highest BCUT2D eigenvalue weighted by Crippen LogP contribution is 2.37. The lowest BCUT2D eigenvalue weighted by Gasteiger charge is -2.17. The molecule has 1 saturated heterocycles. The molecule has 2 heterocycles. The van der Waals surface area contributed by atoms with Crippen LogP contribution in [0, 0.1) is 0 Å². The van der Waals surface area contributed by atoms with Crippen molar-refractivity contribution < 1.29 is 22.7 Å². The molecule has 1 fully saturated rings. The minimum atomic E-state index is -4.39. The van der Waals surface area contributed by atoms with Crippen LogP contribution < -0.4 is 9.64 Å².